The molecule has 192 valence electrons. The molecule has 1 aliphatic heterocycles. The third-order valence-electron chi connectivity index (χ3n) is 4.21. The molecule has 1 aliphatic rings. The molecule has 0 spiro atoms. The Morgan fingerprint density at radius 2 is 0.844 bits per heavy atom. The van der Waals surface area contributed by atoms with Crippen molar-refractivity contribution in [3.63, 3.8) is 0 Å². The van der Waals surface area contributed by atoms with Crippen molar-refractivity contribution in [2.24, 2.45) is 0 Å². The first kappa shape index (κ1) is 30.9. The highest BCUT2D eigenvalue weighted by Crippen LogP contribution is 2.35. The lowest BCUT2D eigenvalue weighted by Crippen LogP contribution is -2.67. The molecule has 0 aromatic rings. The predicted octanol–water partition coefficient (Wildman–Crippen LogP) is 6.07. The lowest BCUT2D eigenvalue weighted by molar-refractivity contribution is -0.268. The Hall–Kier alpha value is 0.844. The maximum atomic E-state index is 6.85. The molecule has 11 heteroatoms. The smallest absolute Gasteiger partial charge is 0.187 e. The first-order chi connectivity index (χ1) is 14.0. The summed E-state index contributed by atoms with van der Waals surface area (Å²) in [5, 5.41) is 0. The van der Waals surface area contributed by atoms with Crippen molar-refractivity contribution in [2.75, 3.05) is 6.61 Å². The fraction of sp³-hybridized carbons (Fsp3) is 1.00. The van der Waals surface area contributed by atoms with Crippen molar-refractivity contribution in [3.8, 4) is 0 Å². The van der Waals surface area contributed by atoms with Crippen LogP contribution in [0.5, 0.6) is 0 Å². The maximum Gasteiger partial charge on any atom is 0.187 e. The van der Waals surface area contributed by atoms with Crippen molar-refractivity contribution in [2.45, 2.75) is 129 Å². The van der Waals surface area contributed by atoms with E-state index in [1.807, 2.05) is 0 Å². The first-order valence-corrected chi connectivity index (χ1v) is 29.0. The van der Waals surface area contributed by atoms with E-state index in [1.165, 1.54) is 0 Å². The number of hydrogen-bond donors (Lipinski definition) is 0. The van der Waals surface area contributed by atoms with Crippen molar-refractivity contribution in [1.29, 1.82) is 0 Å². The Kier molecular flexibility index (Phi) is 10.5. The lowest BCUT2D eigenvalue weighted by atomic mass is 9.99. The molecular formula is C21H52O6Si5. The van der Waals surface area contributed by atoms with E-state index in [-0.39, 0.29) is 24.4 Å². The molecular weight excluding hydrogens is 489 g/mol. The van der Waals surface area contributed by atoms with E-state index in [2.05, 4.69) is 98.2 Å². The van der Waals surface area contributed by atoms with Crippen LogP contribution in [0, 0.1) is 0 Å². The minimum absolute atomic E-state index is 0.243. The van der Waals surface area contributed by atoms with Crippen LogP contribution in [0.25, 0.3) is 0 Å². The minimum atomic E-state index is -1.92. The molecule has 0 aromatic carbocycles. The Morgan fingerprint density at radius 3 is 1.22 bits per heavy atom. The molecule has 0 aliphatic carbocycles. The minimum Gasteiger partial charge on any atom is -0.415 e. The highest BCUT2D eigenvalue weighted by atomic mass is 28.4. The van der Waals surface area contributed by atoms with Crippen LogP contribution in [0.3, 0.4) is 0 Å². The van der Waals surface area contributed by atoms with Gasteiger partial charge in [0, 0.05) is 0 Å². The van der Waals surface area contributed by atoms with Crippen LogP contribution in [0.15, 0.2) is 0 Å². The zero-order chi connectivity index (χ0) is 25.3. The van der Waals surface area contributed by atoms with E-state index < -0.39 is 47.9 Å². The van der Waals surface area contributed by atoms with E-state index in [0.29, 0.717) is 6.61 Å². The van der Waals surface area contributed by atoms with Crippen LogP contribution in [0.2, 0.25) is 98.2 Å². The summed E-state index contributed by atoms with van der Waals surface area (Å²) in [4.78, 5) is 0. The van der Waals surface area contributed by atoms with Gasteiger partial charge in [-0.15, -0.1) is 0 Å². The van der Waals surface area contributed by atoms with Gasteiger partial charge in [-0.2, -0.15) is 0 Å². The van der Waals surface area contributed by atoms with Gasteiger partial charge in [-0.25, -0.2) is 0 Å². The van der Waals surface area contributed by atoms with Gasteiger partial charge in [-0.05, 0) is 98.2 Å². The van der Waals surface area contributed by atoms with Crippen LogP contribution in [0.1, 0.15) is 0 Å². The normalized spacial score (nSPS) is 28.8. The van der Waals surface area contributed by atoms with Gasteiger partial charge in [0.1, 0.15) is 24.4 Å². The van der Waals surface area contributed by atoms with Gasteiger partial charge in [-0.1, -0.05) is 0 Å². The third-order valence-corrected chi connectivity index (χ3v) is 9.12. The molecule has 0 amide bonds. The van der Waals surface area contributed by atoms with Gasteiger partial charge in [-0.3, -0.25) is 0 Å². The van der Waals surface area contributed by atoms with Gasteiger partial charge >= 0.3 is 0 Å². The Bertz CT molecular complexity index is 586. The standard InChI is InChI=1S/C21H52O6Si5/c1-28(2,3)22-16-17-18(24-29(4,5)6)19(25-30(7,8)9)20(26-31(10,11)12)21(23-17)27-32(13,14)15/h17-21H,16H2,1-15H3/t17?,18-,19+,20+,21+/m1/s1. The van der Waals surface area contributed by atoms with Crippen LogP contribution >= 0.6 is 0 Å². The van der Waals surface area contributed by atoms with Crippen molar-refractivity contribution < 1.29 is 26.9 Å². The van der Waals surface area contributed by atoms with Gasteiger partial charge in [0.25, 0.3) is 0 Å². The highest BCUT2D eigenvalue weighted by molar-refractivity contribution is 6.71. The molecule has 0 bridgehead atoms. The third kappa shape index (κ3) is 12.5. The fourth-order valence-corrected chi connectivity index (χ4v) is 8.21. The number of rotatable bonds is 11. The number of hydrogen-bond acceptors (Lipinski definition) is 6. The molecule has 0 N–H and O–H groups in total. The topological polar surface area (TPSA) is 55.4 Å². The summed E-state index contributed by atoms with van der Waals surface area (Å²) >= 11 is 0. The second-order valence-corrected chi connectivity index (χ2v) is 36.1. The summed E-state index contributed by atoms with van der Waals surface area (Å²) in [5.41, 5.74) is 0. The summed E-state index contributed by atoms with van der Waals surface area (Å²) in [6.07, 6.45) is -1.54. The molecule has 0 saturated carbocycles. The van der Waals surface area contributed by atoms with Crippen molar-refractivity contribution in [3.05, 3.63) is 0 Å². The van der Waals surface area contributed by atoms with Crippen LogP contribution < -0.4 is 0 Å². The summed E-state index contributed by atoms with van der Waals surface area (Å²) < 4.78 is 39.9. The van der Waals surface area contributed by atoms with E-state index >= 15 is 0 Å². The molecule has 1 saturated heterocycles. The van der Waals surface area contributed by atoms with E-state index in [1.54, 1.807) is 0 Å². The summed E-state index contributed by atoms with van der Waals surface area (Å²) in [7, 11) is -9.37. The van der Waals surface area contributed by atoms with Crippen LogP contribution in [0.4, 0.5) is 0 Å². The molecule has 0 radical (unpaired) electrons. The Labute approximate surface area is 203 Å². The second-order valence-electron chi connectivity index (χ2n) is 13.8. The molecule has 32 heavy (non-hydrogen) atoms. The molecule has 1 heterocycles. The van der Waals surface area contributed by atoms with Gasteiger partial charge in [0.2, 0.25) is 0 Å². The van der Waals surface area contributed by atoms with E-state index in [4.69, 9.17) is 26.9 Å². The van der Waals surface area contributed by atoms with Crippen molar-refractivity contribution in [1.82, 2.24) is 0 Å². The molecule has 1 rings (SSSR count). The zero-order valence-corrected chi connectivity index (χ0v) is 28.5. The fourth-order valence-electron chi connectivity index (χ4n) is 3.41. The van der Waals surface area contributed by atoms with Gasteiger partial charge in [0.15, 0.2) is 47.9 Å². The Balaban J connectivity index is 3.50. The molecule has 5 atom stereocenters. The SMILES string of the molecule is C[Si](C)(C)OCC1O[C@@H](O[Si](C)(C)C)[C@@H](O[Si](C)(C)C)[C@@H](O[Si](C)(C)C)[C@@H]1O[Si](C)(C)C. The molecule has 0 aromatic heterocycles. The van der Waals surface area contributed by atoms with Gasteiger partial charge < -0.3 is 26.9 Å². The second kappa shape index (κ2) is 10.8. The quantitative estimate of drug-likeness (QED) is 0.296. The number of ether oxygens (including phenoxy) is 1. The molecule has 1 unspecified atom stereocenters. The summed E-state index contributed by atoms with van der Waals surface area (Å²) in [6.45, 7) is 33.6. The predicted molar refractivity (Wildman–Crippen MR) is 147 cm³/mol. The highest BCUT2D eigenvalue weighted by Gasteiger charge is 2.52. The molecule has 6 nitrogen and oxygen atoms in total. The van der Waals surface area contributed by atoms with E-state index in [9.17, 15) is 0 Å². The Morgan fingerprint density at radius 1 is 0.469 bits per heavy atom. The lowest BCUT2D eigenvalue weighted by Gasteiger charge is -2.51. The van der Waals surface area contributed by atoms with Crippen LogP contribution in [-0.4, -0.2) is 78.9 Å². The van der Waals surface area contributed by atoms with Crippen LogP contribution in [-0.2, 0) is 26.9 Å². The summed E-state index contributed by atoms with van der Waals surface area (Å²) in [6, 6.07) is 0. The zero-order valence-electron chi connectivity index (χ0n) is 23.5. The molecule has 1 fully saturated rings. The maximum absolute atomic E-state index is 6.85. The van der Waals surface area contributed by atoms with E-state index in [0.717, 1.165) is 0 Å². The van der Waals surface area contributed by atoms with Crippen molar-refractivity contribution >= 4 is 41.6 Å². The average molecular weight is 541 g/mol. The summed E-state index contributed by atoms with van der Waals surface area (Å²) in [5.74, 6) is 0. The largest absolute Gasteiger partial charge is 0.415 e. The van der Waals surface area contributed by atoms with Gasteiger partial charge in [0.05, 0.1) is 6.61 Å². The first-order valence-electron chi connectivity index (χ1n) is 12.0. The monoisotopic (exact) mass is 540 g/mol. The average Bonchev–Trinajstić information content (AvgIpc) is 2.45.